The van der Waals surface area contributed by atoms with Crippen molar-refractivity contribution in [2.45, 2.75) is 48.2 Å². The number of aliphatic carboxylic acids is 1. The minimum Gasteiger partial charge on any atom is -0.477 e. The molecule has 3 aromatic carbocycles. The lowest BCUT2D eigenvalue weighted by Gasteiger charge is -2.49. The van der Waals surface area contributed by atoms with Gasteiger partial charge in [0.2, 0.25) is 0 Å². The monoisotopic (exact) mass is 832 g/mol. The summed E-state index contributed by atoms with van der Waals surface area (Å²) in [6.07, 6.45) is 4.91. The van der Waals surface area contributed by atoms with Crippen LogP contribution < -0.4 is 15.2 Å². The van der Waals surface area contributed by atoms with Gasteiger partial charge < -0.3 is 20.5 Å². The van der Waals surface area contributed by atoms with Crippen LogP contribution in [0.15, 0.2) is 143 Å². The first kappa shape index (κ1) is 40.5. The number of carboxylic acid groups (broad SMARTS) is 1. The van der Waals surface area contributed by atoms with Crippen molar-refractivity contribution in [1.82, 2.24) is 15.2 Å². The van der Waals surface area contributed by atoms with Crippen LogP contribution in [0.2, 0.25) is 0 Å². The third-order valence-electron chi connectivity index (χ3n) is 9.51. The van der Waals surface area contributed by atoms with Gasteiger partial charge >= 0.3 is 11.9 Å². The number of ether oxygens (including phenoxy) is 1. The Kier molecular flexibility index (Phi) is 11.9. The standard InChI is InChI=1S/C44H41N5O6S3/c1-43(2,3)55-35(50)24-33(38(51)46-36-39(52)49-37(41(53)54)28(26-57-40(36)49)25-56-32-20-22-48(4)23-21-32)34-27-58-42(45-34)47-44(29-14-8-5-9-15-29,30-16-10-6-11-17-30)31-18-12-7-13-19-31/h5-24,27,36,40H,25-26H2,1-4H3,(H2-,45,46,47,51,53,54)/p+1/t36?,40-/m0/s1. The number of aryl methyl sites for hydroxylation is 1. The predicted molar refractivity (Wildman–Crippen MR) is 227 cm³/mol. The Bertz CT molecular complexity index is 2280. The molecule has 2 aliphatic rings. The molecule has 11 nitrogen and oxygen atoms in total. The van der Waals surface area contributed by atoms with E-state index in [4.69, 9.17) is 9.72 Å². The van der Waals surface area contributed by atoms with Gasteiger partial charge in [-0.2, -0.15) is 0 Å². The van der Waals surface area contributed by atoms with Crippen molar-refractivity contribution in [2.24, 2.45) is 7.05 Å². The van der Waals surface area contributed by atoms with E-state index >= 15 is 0 Å². The van der Waals surface area contributed by atoms with Crippen molar-refractivity contribution in [3.8, 4) is 0 Å². The summed E-state index contributed by atoms with van der Waals surface area (Å²) in [5, 5.41) is 18.2. The Morgan fingerprint density at radius 3 is 2.03 bits per heavy atom. The number of β-lactam (4-membered cyclic amide) rings is 1. The highest BCUT2D eigenvalue weighted by Gasteiger charge is 2.54. The molecule has 14 heteroatoms. The summed E-state index contributed by atoms with van der Waals surface area (Å²) in [6, 6.07) is 32.8. The van der Waals surface area contributed by atoms with Crippen LogP contribution in [0.4, 0.5) is 5.13 Å². The first-order valence-electron chi connectivity index (χ1n) is 18.5. The fourth-order valence-corrected chi connectivity index (χ4v) is 10.0. The number of carbonyl (C=O) groups is 4. The quantitative estimate of drug-likeness (QED) is 0.0296. The Morgan fingerprint density at radius 1 is 0.931 bits per heavy atom. The van der Waals surface area contributed by atoms with Gasteiger partial charge in [0.05, 0.1) is 11.3 Å². The number of rotatable bonds is 13. The number of fused-ring (bicyclic) bond motifs is 1. The molecule has 7 rings (SSSR count). The van der Waals surface area contributed by atoms with E-state index in [-0.39, 0.29) is 17.0 Å². The minimum atomic E-state index is -1.20. The van der Waals surface area contributed by atoms with E-state index in [2.05, 4.69) is 10.6 Å². The van der Waals surface area contributed by atoms with E-state index in [0.717, 1.165) is 27.7 Å². The smallest absolute Gasteiger partial charge is 0.352 e. The second kappa shape index (κ2) is 17.0. The number of thiazole rings is 1. The fourth-order valence-electron chi connectivity index (χ4n) is 6.87. The Balaban J connectivity index is 1.18. The van der Waals surface area contributed by atoms with Crippen molar-refractivity contribution in [1.29, 1.82) is 0 Å². The molecule has 58 heavy (non-hydrogen) atoms. The van der Waals surface area contributed by atoms with E-state index < -0.39 is 46.3 Å². The molecule has 296 valence electrons. The number of nitrogens with zero attached hydrogens (tertiary/aromatic N) is 3. The van der Waals surface area contributed by atoms with Crippen molar-refractivity contribution in [3.63, 3.8) is 0 Å². The molecular formula is C44H42N5O6S3+. The Morgan fingerprint density at radius 2 is 1.50 bits per heavy atom. The van der Waals surface area contributed by atoms with E-state index in [0.29, 0.717) is 22.2 Å². The summed E-state index contributed by atoms with van der Waals surface area (Å²) in [5.74, 6) is -2.48. The zero-order chi connectivity index (χ0) is 41.0. The summed E-state index contributed by atoms with van der Waals surface area (Å²) in [5.41, 5.74) is 1.77. The number of hydrogen-bond donors (Lipinski definition) is 3. The molecule has 0 radical (unpaired) electrons. The molecule has 2 aromatic heterocycles. The summed E-state index contributed by atoms with van der Waals surface area (Å²) in [4.78, 5) is 60.8. The Labute approximate surface area is 349 Å². The van der Waals surface area contributed by atoms with Gasteiger partial charge in [-0.3, -0.25) is 14.5 Å². The van der Waals surface area contributed by atoms with Gasteiger partial charge in [-0.15, -0.1) is 34.9 Å². The highest BCUT2D eigenvalue weighted by atomic mass is 32.2. The molecule has 2 aliphatic heterocycles. The van der Waals surface area contributed by atoms with Gasteiger partial charge in [0, 0.05) is 40.0 Å². The van der Waals surface area contributed by atoms with Crippen molar-refractivity contribution >= 4 is 69.3 Å². The molecule has 5 aromatic rings. The number of amides is 2. The average Bonchev–Trinajstić information content (AvgIpc) is 3.68. The maximum absolute atomic E-state index is 14.2. The van der Waals surface area contributed by atoms with Crippen LogP contribution in [0.3, 0.4) is 0 Å². The maximum Gasteiger partial charge on any atom is 0.352 e. The van der Waals surface area contributed by atoms with Crippen LogP contribution in [0.5, 0.6) is 0 Å². The number of thioether (sulfide) groups is 2. The lowest BCUT2D eigenvalue weighted by Crippen LogP contribution is -2.70. The highest BCUT2D eigenvalue weighted by Crippen LogP contribution is 2.43. The maximum atomic E-state index is 14.2. The number of anilines is 1. The number of carboxylic acids is 1. The molecule has 0 aliphatic carbocycles. The highest BCUT2D eigenvalue weighted by molar-refractivity contribution is 8.01. The molecule has 1 fully saturated rings. The molecule has 2 amide bonds. The van der Waals surface area contributed by atoms with Gasteiger partial charge in [0.15, 0.2) is 17.5 Å². The first-order valence-corrected chi connectivity index (χ1v) is 21.4. The number of hydrogen-bond acceptors (Lipinski definition) is 10. The third kappa shape index (κ3) is 8.59. The molecule has 4 heterocycles. The molecule has 0 spiro atoms. The lowest BCUT2D eigenvalue weighted by molar-refractivity contribution is -0.671. The number of esters is 1. The molecule has 3 N–H and O–H groups in total. The molecular weight excluding hydrogens is 791 g/mol. The van der Waals surface area contributed by atoms with Crippen LogP contribution in [0.1, 0.15) is 43.2 Å². The molecule has 0 bridgehead atoms. The van der Waals surface area contributed by atoms with Gasteiger partial charge in [0.25, 0.3) is 11.8 Å². The first-order chi connectivity index (χ1) is 27.8. The lowest BCUT2D eigenvalue weighted by atomic mass is 9.77. The van der Waals surface area contributed by atoms with E-state index in [1.54, 1.807) is 26.2 Å². The minimum absolute atomic E-state index is 0.0632. The summed E-state index contributed by atoms with van der Waals surface area (Å²) >= 11 is 4.14. The molecule has 0 saturated carbocycles. The van der Waals surface area contributed by atoms with Crippen LogP contribution in [0, 0.1) is 0 Å². The number of nitrogens with one attached hydrogen (secondary N) is 2. The van der Waals surface area contributed by atoms with Crippen molar-refractivity contribution in [3.05, 3.63) is 161 Å². The normalized spacial score (nSPS) is 16.9. The topological polar surface area (TPSA) is 142 Å². The molecule has 1 saturated heterocycles. The van der Waals surface area contributed by atoms with Crippen molar-refractivity contribution in [2.75, 3.05) is 16.8 Å². The SMILES string of the molecule is C[n+]1ccc(SCC2=C(C(=O)O)N3C(=O)C(NC(=O)C(=CC(=O)OC(C)(C)C)c4csc(NC(c5ccccc5)(c5ccccc5)c5ccccc5)n4)[C@@H]3SC2)cc1. The number of pyridine rings is 1. The Hall–Kier alpha value is -5.70. The fraction of sp³-hybridized carbons (Fsp3) is 0.227. The molecule has 2 atom stereocenters. The number of benzene rings is 3. The zero-order valence-corrected chi connectivity index (χ0v) is 34.7. The van der Waals surface area contributed by atoms with Gasteiger partial charge in [-0.05, 0) is 43.0 Å². The number of carbonyl (C=O) groups excluding carboxylic acids is 3. The van der Waals surface area contributed by atoms with Crippen LogP contribution in [-0.2, 0) is 36.5 Å². The number of aromatic nitrogens is 2. The summed E-state index contributed by atoms with van der Waals surface area (Å²) < 4.78 is 7.49. The summed E-state index contributed by atoms with van der Waals surface area (Å²) in [7, 11) is 1.92. The second-order valence-corrected chi connectivity index (χ2v) is 17.7. The predicted octanol–water partition coefficient (Wildman–Crippen LogP) is 6.63. The third-order valence-corrected chi connectivity index (χ3v) is 12.7. The van der Waals surface area contributed by atoms with Crippen molar-refractivity contribution < 1.29 is 33.6 Å². The largest absolute Gasteiger partial charge is 0.477 e. The second-order valence-electron chi connectivity index (χ2n) is 14.7. The van der Waals surface area contributed by atoms with E-state index in [1.807, 2.05) is 127 Å². The zero-order valence-electron chi connectivity index (χ0n) is 32.2. The van der Waals surface area contributed by atoms with Crippen LogP contribution in [0.25, 0.3) is 5.57 Å². The van der Waals surface area contributed by atoms with Gasteiger partial charge in [-0.1, -0.05) is 91.0 Å². The average molecular weight is 833 g/mol. The van der Waals surface area contributed by atoms with Crippen LogP contribution >= 0.6 is 34.9 Å². The van der Waals surface area contributed by atoms with Gasteiger partial charge in [-0.25, -0.2) is 19.1 Å². The van der Waals surface area contributed by atoms with E-state index in [1.165, 1.54) is 39.8 Å². The summed E-state index contributed by atoms with van der Waals surface area (Å²) in [6.45, 7) is 5.17. The van der Waals surface area contributed by atoms with Gasteiger partial charge in [0.1, 0.15) is 35.3 Å². The van der Waals surface area contributed by atoms with E-state index in [9.17, 15) is 24.3 Å². The molecule has 1 unspecified atom stereocenters. The van der Waals surface area contributed by atoms with Crippen LogP contribution in [-0.4, -0.2) is 67.3 Å².